The molecule has 2 aromatic rings. The molecule has 52 heavy (non-hydrogen) atoms. The second-order valence-corrected chi connectivity index (χ2v) is 12.8. The summed E-state index contributed by atoms with van der Waals surface area (Å²) in [7, 11) is 5.58. The van der Waals surface area contributed by atoms with Crippen molar-refractivity contribution in [2.24, 2.45) is 11.8 Å². The second kappa shape index (κ2) is 17.3. The molecule has 3 heterocycles. The van der Waals surface area contributed by atoms with Crippen LogP contribution in [0, 0.1) is 11.8 Å². The van der Waals surface area contributed by atoms with Crippen LogP contribution in [-0.2, 0) is 27.1 Å². The molecule has 0 saturated carbocycles. The molecule has 0 amide bonds. The lowest BCUT2D eigenvalue weighted by molar-refractivity contribution is -0.277. The predicted octanol–water partition coefficient (Wildman–Crippen LogP) is -2.56. The largest absolute Gasteiger partial charge is 0.493 e. The molecule has 2 aromatic carbocycles. The summed E-state index contributed by atoms with van der Waals surface area (Å²) in [6.45, 7) is -1.05. The van der Waals surface area contributed by atoms with Crippen LogP contribution in [0.3, 0.4) is 0 Å². The van der Waals surface area contributed by atoms with E-state index in [-0.39, 0.29) is 47.0 Å². The van der Waals surface area contributed by atoms with E-state index in [9.17, 15) is 46.0 Å². The molecule has 3 saturated heterocycles. The Bertz CT molecular complexity index is 1420. The Morgan fingerprint density at radius 3 is 1.31 bits per heavy atom. The smallest absolute Gasteiger partial charge is 0.229 e. The fraction of sp³-hybridized carbons (Fsp3) is 0.647. The summed E-state index contributed by atoms with van der Waals surface area (Å²) in [5.74, 6) is 0.197. The number of hydrogen-bond acceptors (Lipinski definition) is 18. The lowest BCUT2D eigenvalue weighted by atomic mass is 9.84. The Labute approximate surface area is 299 Å². The molecule has 13 atom stereocenters. The zero-order valence-electron chi connectivity index (χ0n) is 29.0. The van der Waals surface area contributed by atoms with Gasteiger partial charge in [0.15, 0.2) is 29.3 Å². The average Bonchev–Trinajstić information content (AvgIpc) is 3.49. The van der Waals surface area contributed by atoms with Gasteiger partial charge < -0.3 is 88.6 Å². The molecule has 0 spiro atoms. The Kier molecular flexibility index (Phi) is 13.3. The average molecular weight is 745 g/mol. The fourth-order valence-electron chi connectivity index (χ4n) is 6.65. The van der Waals surface area contributed by atoms with E-state index in [1.54, 1.807) is 24.3 Å². The van der Waals surface area contributed by atoms with Crippen LogP contribution in [0.15, 0.2) is 24.3 Å². The second-order valence-electron chi connectivity index (χ2n) is 12.8. The third-order valence-electron chi connectivity index (χ3n) is 9.63. The molecule has 5 rings (SSSR count). The van der Waals surface area contributed by atoms with Gasteiger partial charge in [-0.15, -0.1) is 0 Å². The molecule has 18 nitrogen and oxygen atoms in total. The molecule has 0 aliphatic carbocycles. The van der Waals surface area contributed by atoms with E-state index >= 15 is 0 Å². The van der Waals surface area contributed by atoms with Crippen LogP contribution >= 0.6 is 0 Å². The van der Waals surface area contributed by atoms with Gasteiger partial charge in [-0.05, 0) is 54.2 Å². The van der Waals surface area contributed by atoms with Crippen molar-refractivity contribution in [1.29, 1.82) is 0 Å². The molecule has 3 fully saturated rings. The zero-order chi connectivity index (χ0) is 37.9. The summed E-state index contributed by atoms with van der Waals surface area (Å²) in [5.41, 5.74) is 1.40. The van der Waals surface area contributed by atoms with Gasteiger partial charge in [0, 0.05) is 5.92 Å². The van der Waals surface area contributed by atoms with Crippen LogP contribution in [0.25, 0.3) is 0 Å². The Morgan fingerprint density at radius 1 is 0.558 bits per heavy atom. The number of rotatable bonds is 14. The summed E-state index contributed by atoms with van der Waals surface area (Å²) >= 11 is 0. The third kappa shape index (κ3) is 8.13. The van der Waals surface area contributed by atoms with Crippen LogP contribution in [-0.4, -0.2) is 162 Å². The van der Waals surface area contributed by atoms with Gasteiger partial charge in [0.2, 0.25) is 24.1 Å². The SMILES string of the molecule is COc1cc(C[C@@H]2CO[C@H](O)[C@H]2Cc2cc(OC)c(O[C@@H]3O[C@H](CO)[C@@H](O)[C@@H](O)[C@H]3O)c(OC)c2)cc(OC)c1O[C@H]1O[C@@H](CO)[C@H](O)[C@H](O)[C@@H]1O. The van der Waals surface area contributed by atoms with Gasteiger partial charge >= 0.3 is 0 Å². The zero-order valence-corrected chi connectivity index (χ0v) is 29.0. The van der Waals surface area contributed by atoms with E-state index in [2.05, 4.69) is 0 Å². The molecule has 0 unspecified atom stereocenters. The van der Waals surface area contributed by atoms with Crippen molar-refractivity contribution < 1.29 is 88.6 Å². The van der Waals surface area contributed by atoms with E-state index in [1.165, 1.54) is 28.4 Å². The lowest BCUT2D eigenvalue weighted by Gasteiger charge is -2.39. The molecule has 0 aromatic heterocycles. The van der Waals surface area contributed by atoms with Crippen LogP contribution < -0.4 is 28.4 Å². The number of methoxy groups -OCH3 is 4. The maximum atomic E-state index is 10.9. The highest BCUT2D eigenvalue weighted by molar-refractivity contribution is 5.55. The van der Waals surface area contributed by atoms with Gasteiger partial charge in [0.1, 0.15) is 48.8 Å². The Morgan fingerprint density at radius 2 is 0.942 bits per heavy atom. The summed E-state index contributed by atoms with van der Waals surface area (Å²) in [5, 5.41) is 91.7. The van der Waals surface area contributed by atoms with Crippen LogP contribution in [0.2, 0.25) is 0 Å². The first-order valence-electron chi connectivity index (χ1n) is 16.6. The first-order chi connectivity index (χ1) is 24.9. The van der Waals surface area contributed by atoms with E-state index in [1.807, 2.05) is 0 Å². The summed E-state index contributed by atoms with van der Waals surface area (Å²) in [6.07, 6.45) is -15.5. The van der Waals surface area contributed by atoms with Gasteiger partial charge in [0.25, 0.3) is 0 Å². The minimum atomic E-state index is -1.66. The number of aliphatic hydroxyl groups excluding tert-OH is 9. The lowest BCUT2D eigenvalue weighted by Crippen LogP contribution is -2.60. The predicted molar refractivity (Wildman–Crippen MR) is 174 cm³/mol. The van der Waals surface area contributed by atoms with Crippen LogP contribution in [0.5, 0.6) is 34.5 Å². The first kappa shape index (κ1) is 40.0. The Balaban J connectivity index is 1.35. The van der Waals surface area contributed by atoms with Gasteiger partial charge in [-0.1, -0.05) is 0 Å². The van der Waals surface area contributed by atoms with Crippen molar-refractivity contribution in [1.82, 2.24) is 0 Å². The van der Waals surface area contributed by atoms with Gasteiger partial charge in [0.05, 0.1) is 48.3 Å². The standard InChI is InChI=1S/C34H48O18/c1-44-18-7-14(8-19(45-2)30(18)51-33-28(41)26(39)24(37)22(11-35)49-33)5-16-13-48-32(43)17(16)6-15-9-20(46-3)31(21(10-15)47-4)52-34-29(42)27(40)25(38)23(12-36)50-34/h7-10,16-17,22-29,32-43H,5-6,11-13H2,1-4H3/t16-,17+,22+,23-,24+,25-,26+,27-,28+,29-,32+,33-,34+/m1/s1. The van der Waals surface area contributed by atoms with Crippen molar-refractivity contribution in [3.05, 3.63) is 35.4 Å². The monoisotopic (exact) mass is 744 g/mol. The highest BCUT2D eigenvalue weighted by Crippen LogP contribution is 2.44. The summed E-state index contributed by atoms with van der Waals surface area (Å²) in [6, 6.07) is 6.67. The molecule has 292 valence electrons. The fourth-order valence-corrected chi connectivity index (χ4v) is 6.65. The van der Waals surface area contributed by atoms with Crippen molar-refractivity contribution in [3.8, 4) is 34.5 Å². The molecular formula is C34H48O18. The minimum absolute atomic E-state index is 0.0306. The van der Waals surface area contributed by atoms with Gasteiger partial charge in [-0.3, -0.25) is 0 Å². The number of hydrogen-bond donors (Lipinski definition) is 9. The van der Waals surface area contributed by atoms with E-state index in [0.29, 0.717) is 18.4 Å². The molecule has 9 N–H and O–H groups in total. The number of aliphatic hydroxyl groups is 9. The van der Waals surface area contributed by atoms with Crippen molar-refractivity contribution in [2.75, 3.05) is 48.3 Å². The maximum absolute atomic E-state index is 10.9. The van der Waals surface area contributed by atoms with Crippen molar-refractivity contribution in [3.63, 3.8) is 0 Å². The van der Waals surface area contributed by atoms with Crippen molar-refractivity contribution in [2.45, 2.75) is 80.5 Å². The van der Waals surface area contributed by atoms with Gasteiger partial charge in [-0.2, -0.15) is 0 Å². The highest BCUT2D eigenvalue weighted by Gasteiger charge is 2.47. The number of benzene rings is 2. The quantitative estimate of drug-likeness (QED) is 0.0964. The Hall–Kier alpha value is -3.24. The summed E-state index contributed by atoms with van der Waals surface area (Å²) < 4.78 is 50.7. The van der Waals surface area contributed by atoms with E-state index in [4.69, 9.17) is 42.6 Å². The molecule has 0 bridgehead atoms. The highest BCUT2D eigenvalue weighted by atomic mass is 16.7. The first-order valence-corrected chi connectivity index (χ1v) is 16.6. The van der Waals surface area contributed by atoms with E-state index in [0.717, 1.165) is 5.56 Å². The van der Waals surface area contributed by atoms with E-state index < -0.39 is 86.8 Å². The molecule has 3 aliphatic heterocycles. The summed E-state index contributed by atoms with van der Waals surface area (Å²) in [4.78, 5) is 0. The van der Waals surface area contributed by atoms with Gasteiger partial charge in [-0.25, -0.2) is 0 Å². The topological polar surface area (TPSA) is 265 Å². The van der Waals surface area contributed by atoms with Crippen molar-refractivity contribution >= 4 is 0 Å². The third-order valence-corrected chi connectivity index (χ3v) is 9.63. The molecular weight excluding hydrogens is 696 g/mol. The van der Waals surface area contributed by atoms with Crippen LogP contribution in [0.4, 0.5) is 0 Å². The molecule has 3 aliphatic rings. The maximum Gasteiger partial charge on any atom is 0.229 e. The molecule has 0 radical (unpaired) electrons. The molecule has 18 heteroatoms. The van der Waals surface area contributed by atoms with Crippen LogP contribution in [0.1, 0.15) is 11.1 Å². The normalized spacial score (nSPS) is 34.8. The number of ether oxygens (including phenoxy) is 9. The minimum Gasteiger partial charge on any atom is -0.493 e.